The van der Waals surface area contributed by atoms with Gasteiger partial charge in [-0.15, -0.1) is 0 Å². The maximum Gasteiger partial charge on any atom is 0.145 e. The molecule has 6 heteroatoms. The van der Waals surface area contributed by atoms with Gasteiger partial charge in [-0.2, -0.15) is 4.83 Å². The molecule has 0 aliphatic carbocycles. The third kappa shape index (κ3) is 2.44. The molecule has 1 aromatic carbocycles. The van der Waals surface area contributed by atoms with Crippen molar-refractivity contribution in [2.75, 3.05) is 31.1 Å². The van der Waals surface area contributed by atoms with Crippen LogP contribution in [0.25, 0.3) is 0 Å². The van der Waals surface area contributed by atoms with Gasteiger partial charge in [0.1, 0.15) is 5.16 Å². The van der Waals surface area contributed by atoms with Gasteiger partial charge in [0.2, 0.25) is 0 Å². The Kier molecular flexibility index (Phi) is 3.65. The van der Waals surface area contributed by atoms with Crippen LogP contribution in [0.15, 0.2) is 40.9 Å². The Hall–Kier alpha value is -0.880. The number of nitrogens with zero attached hydrogens (tertiary/aromatic N) is 3. The number of hydrogen-bond donors (Lipinski definition) is 1. The third-order valence-corrected chi connectivity index (χ3v) is 4.18. The first-order valence-electron chi connectivity index (χ1n) is 5.96. The first kappa shape index (κ1) is 12.2. The fourth-order valence-corrected chi connectivity index (χ4v) is 3.10. The Morgan fingerprint density at radius 2 is 1.78 bits per heavy atom. The Morgan fingerprint density at radius 3 is 2.39 bits per heavy atom. The molecule has 0 radical (unpaired) electrons. The number of nitrogens with one attached hydrogen (secondary N) is 1. The molecule has 96 valence electrons. The molecule has 0 unspecified atom stereocenters. The Balaban J connectivity index is 1.60. The lowest BCUT2D eigenvalue weighted by Crippen LogP contribution is -2.54. The highest BCUT2D eigenvalue weighted by molar-refractivity contribution is 8.00. The van der Waals surface area contributed by atoms with Gasteiger partial charge in [-0.25, -0.2) is 10.1 Å². The molecule has 2 aliphatic rings. The van der Waals surface area contributed by atoms with E-state index in [2.05, 4.69) is 45.1 Å². The summed E-state index contributed by atoms with van der Waals surface area (Å²) in [5.74, 6) is 0. The van der Waals surface area contributed by atoms with Crippen molar-refractivity contribution in [2.24, 2.45) is 0 Å². The number of para-hydroxylation sites is 1. The summed E-state index contributed by atoms with van der Waals surface area (Å²) in [4.78, 5) is 5.56. The van der Waals surface area contributed by atoms with E-state index in [4.69, 9.17) is 11.6 Å². The van der Waals surface area contributed by atoms with E-state index in [1.807, 2.05) is 10.5 Å². The van der Waals surface area contributed by atoms with E-state index in [9.17, 15) is 0 Å². The van der Waals surface area contributed by atoms with Crippen molar-refractivity contribution in [3.63, 3.8) is 0 Å². The minimum absolute atomic E-state index is 0.744. The third-order valence-electron chi connectivity index (χ3n) is 3.16. The van der Waals surface area contributed by atoms with Crippen molar-refractivity contribution in [1.29, 1.82) is 0 Å². The highest BCUT2D eigenvalue weighted by Crippen LogP contribution is 2.24. The fraction of sp³-hybridized carbons (Fsp3) is 0.333. The molecule has 0 spiro atoms. The topological polar surface area (TPSA) is 21.8 Å². The average molecular weight is 283 g/mol. The summed E-state index contributed by atoms with van der Waals surface area (Å²) in [5, 5.41) is 6.81. The maximum absolute atomic E-state index is 6.11. The highest BCUT2D eigenvalue weighted by atomic mass is 35.5. The number of benzene rings is 1. The van der Waals surface area contributed by atoms with Crippen LogP contribution in [-0.4, -0.2) is 36.3 Å². The van der Waals surface area contributed by atoms with Crippen LogP contribution in [0.3, 0.4) is 0 Å². The van der Waals surface area contributed by atoms with Crippen molar-refractivity contribution < 1.29 is 0 Å². The minimum Gasteiger partial charge on any atom is -0.369 e. The van der Waals surface area contributed by atoms with E-state index in [1.54, 1.807) is 0 Å². The van der Waals surface area contributed by atoms with E-state index in [-0.39, 0.29) is 0 Å². The Morgan fingerprint density at radius 1 is 1.06 bits per heavy atom. The molecule has 0 atom stereocenters. The molecule has 1 N–H and O–H groups in total. The smallest absolute Gasteiger partial charge is 0.145 e. The number of halogens is 1. The molecule has 0 saturated carbocycles. The maximum atomic E-state index is 6.11. The van der Waals surface area contributed by atoms with Crippen molar-refractivity contribution in [1.82, 2.24) is 15.0 Å². The quantitative estimate of drug-likeness (QED) is 0.662. The standard InChI is InChI=1S/C12H15ClN4S/c13-12-10-18-14-17(12)16-8-6-15(7-9-16)11-4-2-1-3-5-11/h1-5,10,14H,6-9H2. The summed E-state index contributed by atoms with van der Waals surface area (Å²) in [5.41, 5.74) is 1.29. The first-order chi connectivity index (χ1) is 8.84. The number of rotatable bonds is 2. The van der Waals surface area contributed by atoms with Gasteiger partial charge >= 0.3 is 0 Å². The lowest BCUT2D eigenvalue weighted by Gasteiger charge is -2.40. The summed E-state index contributed by atoms with van der Waals surface area (Å²) in [6, 6.07) is 10.5. The zero-order chi connectivity index (χ0) is 12.4. The first-order valence-corrected chi connectivity index (χ1v) is 7.22. The van der Waals surface area contributed by atoms with Crippen molar-refractivity contribution in [2.45, 2.75) is 0 Å². The number of hydrogen-bond acceptors (Lipinski definition) is 5. The predicted octanol–water partition coefficient (Wildman–Crippen LogP) is 2.23. The Bertz CT molecular complexity index is 431. The van der Waals surface area contributed by atoms with Gasteiger partial charge < -0.3 is 4.90 Å². The van der Waals surface area contributed by atoms with Crippen molar-refractivity contribution in [3.05, 3.63) is 40.9 Å². The fourth-order valence-electron chi connectivity index (χ4n) is 2.20. The van der Waals surface area contributed by atoms with Crippen LogP contribution in [0.1, 0.15) is 0 Å². The molecule has 2 aliphatic heterocycles. The monoisotopic (exact) mass is 282 g/mol. The van der Waals surface area contributed by atoms with Crippen molar-refractivity contribution in [3.8, 4) is 0 Å². The Labute approximate surface area is 116 Å². The normalized spacial score (nSPS) is 21.3. The van der Waals surface area contributed by atoms with E-state index >= 15 is 0 Å². The van der Waals surface area contributed by atoms with Gasteiger partial charge in [0.25, 0.3) is 0 Å². The number of hydrazine groups is 2. The summed E-state index contributed by atoms with van der Waals surface area (Å²) >= 11 is 7.62. The van der Waals surface area contributed by atoms with Gasteiger partial charge in [0.05, 0.1) is 0 Å². The van der Waals surface area contributed by atoms with E-state index in [1.165, 1.54) is 17.6 Å². The average Bonchev–Trinajstić information content (AvgIpc) is 2.86. The van der Waals surface area contributed by atoms with Crippen LogP contribution in [0, 0.1) is 0 Å². The molecule has 2 heterocycles. The second kappa shape index (κ2) is 5.40. The largest absolute Gasteiger partial charge is 0.369 e. The summed E-state index contributed by atoms with van der Waals surface area (Å²) < 4.78 is 0. The van der Waals surface area contributed by atoms with Crippen LogP contribution < -0.4 is 9.73 Å². The van der Waals surface area contributed by atoms with Gasteiger partial charge in [-0.3, -0.25) is 0 Å². The lowest BCUT2D eigenvalue weighted by atomic mass is 10.2. The van der Waals surface area contributed by atoms with Gasteiger partial charge in [-0.05, 0) is 24.1 Å². The van der Waals surface area contributed by atoms with Crippen LogP contribution >= 0.6 is 23.5 Å². The molecule has 18 heavy (non-hydrogen) atoms. The molecule has 0 amide bonds. The minimum atomic E-state index is 0.744. The molecule has 3 rings (SSSR count). The zero-order valence-electron chi connectivity index (χ0n) is 9.92. The second-order valence-electron chi connectivity index (χ2n) is 4.24. The summed E-state index contributed by atoms with van der Waals surface area (Å²) in [7, 11) is 0. The molecule has 0 aromatic heterocycles. The number of anilines is 1. The van der Waals surface area contributed by atoms with E-state index in [0.29, 0.717) is 0 Å². The van der Waals surface area contributed by atoms with Crippen LogP contribution in [0.4, 0.5) is 5.69 Å². The highest BCUT2D eigenvalue weighted by Gasteiger charge is 2.25. The van der Waals surface area contributed by atoms with E-state index in [0.717, 1.165) is 31.3 Å². The van der Waals surface area contributed by atoms with Gasteiger partial charge in [0.15, 0.2) is 0 Å². The van der Waals surface area contributed by atoms with Gasteiger partial charge in [0, 0.05) is 37.3 Å². The summed E-state index contributed by atoms with van der Waals surface area (Å²) in [6.07, 6.45) is 0. The molecule has 4 nitrogen and oxygen atoms in total. The molecular weight excluding hydrogens is 268 g/mol. The van der Waals surface area contributed by atoms with E-state index < -0.39 is 0 Å². The zero-order valence-corrected chi connectivity index (χ0v) is 11.5. The van der Waals surface area contributed by atoms with Crippen LogP contribution in [-0.2, 0) is 0 Å². The molecular formula is C12H15ClN4S. The SMILES string of the molecule is ClC1=CSNN1N1CCN(c2ccccc2)CC1. The second-order valence-corrected chi connectivity index (χ2v) is 5.28. The van der Waals surface area contributed by atoms with Crippen LogP contribution in [0.2, 0.25) is 0 Å². The molecule has 1 fully saturated rings. The predicted molar refractivity (Wildman–Crippen MR) is 76.7 cm³/mol. The molecule has 1 aromatic rings. The summed E-state index contributed by atoms with van der Waals surface area (Å²) in [6.45, 7) is 3.95. The van der Waals surface area contributed by atoms with Crippen LogP contribution in [0.5, 0.6) is 0 Å². The molecule has 0 bridgehead atoms. The molecule has 1 saturated heterocycles. The lowest BCUT2D eigenvalue weighted by molar-refractivity contribution is -0.00274. The van der Waals surface area contributed by atoms with Gasteiger partial charge in [-0.1, -0.05) is 29.8 Å². The van der Waals surface area contributed by atoms with Crippen molar-refractivity contribution >= 4 is 29.2 Å². The number of piperazine rings is 1.